The summed E-state index contributed by atoms with van der Waals surface area (Å²) < 4.78 is 32.4. The third-order valence-corrected chi connectivity index (χ3v) is 4.47. The SMILES string of the molecule is CNc1cc(S(=O)(=O)NC2CCOC2C)ccn1. The van der Waals surface area contributed by atoms with Crippen molar-refractivity contribution < 1.29 is 13.2 Å². The van der Waals surface area contributed by atoms with Crippen LogP contribution in [0.3, 0.4) is 0 Å². The lowest BCUT2D eigenvalue weighted by molar-refractivity contribution is 0.117. The first-order valence-electron chi connectivity index (χ1n) is 5.80. The van der Waals surface area contributed by atoms with E-state index < -0.39 is 10.0 Å². The fraction of sp³-hybridized carbons (Fsp3) is 0.545. The summed E-state index contributed by atoms with van der Waals surface area (Å²) in [4.78, 5) is 4.20. The highest BCUT2D eigenvalue weighted by Gasteiger charge is 2.29. The van der Waals surface area contributed by atoms with Crippen molar-refractivity contribution in [3.8, 4) is 0 Å². The molecule has 1 aromatic rings. The Hall–Kier alpha value is -1.18. The van der Waals surface area contributed by atoms with Gasteiger partial charge >= 0.3 is 0 Å². The Balaban J connectivity index is 2.19. The van der Waals surface area contributed by atoms with Crippen molar-refractivity contribution in [3.63, 3.8) is 0 Å². The number of sulfonamides is 1. The molecule has 2 rings (SSSR count). The predicted octanol–water partition coefficient (Wildman–Crippen LogP) is 0.579. The first-order chi connectivity index (χ1) is 8.53. The minimum atomic E-state index is -3.52. The third-order valence-electron chi connectivity index (χ3n) is 2.98. The van der Waals surface area contributed by atoms with Crippen molar-refractivity contribution in [1.82, 2.24) is 9.71 Å². The van der Waals surface area contributed by atoms with E-state index in [1.54, 1.807) is 7.05 Å². The third kappa shape index (κ3) is 2.80. The number of aromatic nitrogens is 1. The fourth-order valence-electron chi connectivity index (χ4n) is 1.87. The Morgan fingerprint density at radius 3 is 2.89 bits per heavy atom. The summed E-state index contributed by atoms with van der Waals surface area (Å²) in [6, 6.07) is 2.81. The molecule has 1 saturated heterocycles. The van der Waals surface area contributed by atoms with Crippen LogP contribution in [-0.4, -0.2) is 39.2 Å². The quantitative estimate of drug-likeness (QED) is 0.837. The highest BCUT2D eigenvalue weighted by atomic mass is 32.2. The molecule has 1 aliphatic rings. The molecule has 1 aromatic heterocycles. The number of nitrogens with zero attached hydrogens (tertiary/aromatic N) is 1. The van der Waals surface area contributed by atoms with Gasteiger partial charge in [0.15, 0.2) is 0 Å². The zero-order valence-corrected chi connectivity index (χ0v) is 11.2. The molecule has 18 heavy (non-hydrogen) atoms. The number of hydrogen-bond donors (Lipinski definition) is 2. The van der Waals surface area contributed by atoms with Crippen LogP contribution >= 0.6 is 0 Å². The minimum absolute atomic E-state index is 0.0922. The largest absolute Gasteiger partial charge is 0.377 e. The number of hydrogen-bond acceptors (Lipinski definition) is 5. The van der Waals surface area contributed by atoms with Crippen molar-refractivity contribution in [3.05, 3.63) is 18.3 Å². The highest BCUT2D eigenvalue weighted by molar-refractivity contribution is 7.89. The Labute approximate surface area is 107 Å². The highest BCUT2D eigenvalue weighted by Crippen LogP contribution is 2.17. The van der Waals surface area contributed by atoms with Crippen LogP contribution in [0.4, 0.5) is 5.82 Å². The van der Waals surface area contributed by atoms with Gasteiger partial charge in [0.25, 0.3) is 0 Å². The Morgan fingerprint density at radius 1 is 1.50 bits per heavy atom. The molecule has 7 heteroatoms. The van der Waals surface area contributed by atoms with Gasteiger partial charge in [0.1, 0.15) is 5.82 Å². The molecule has 0 saturated carbocycles. The van der Waals surface area contributed by atoms with E-state index in [-0.39, 0.29) is 17.0 Å². The molecule has 0 spiro atoms. The van der Waals surface area contributed by atoms with Gasteiger partial charge in [0, 0.05) is 25.9 Å². The van der Waals surface area contributed by atoms with Crippen LogP contribution in [-0.2, 0) is 14.8 Å². The van der Waals surface area contributed by atoms with Gasteiger partial charge in [-0.05, 0) is 19.4 Å². The molecular formula is C11H17N3O3S. The van der Waals surface area contributed by atoms with E-state index in [4.69, 9.17) is 4.74 Å². The number of nitrogens with one attached hydrogen (secondary N) is 2. The molecule has 100 valence electrons. The van der Waals surface area contributed by atoms with Gasteiger partial charge in [0.05, 0.1) is 17.0 Å². The maximum atomic E-state index is 12.2. The standard InChI is InChI=1S/C11H17N3O3S/c1-8-10(4-6-17-8)14-18(15,16)9-3-5-13-11(7-9)12-2/h3,5,7-8,10,14H,4,6H2,1-2H3,(H,12,13). The Morgan fingerprint density at radius 2 is 2.28 bits per heavy atom. The van der Waals surface area contributed by atoms with Crippen molar-refractivity contribution in [2.24, 2.45) is 0 Å². The fourth-order valence-corrected chi connectivity index (χ4v) is 3.22. The van der Waals surface area contributed by atoms with Gasteiger partial charge < -0.3 is 10.1 Å². The van der Waals surface area contributed by atoms with Crippen molar-refractivity contribution in [2.45, 2.75) is 30.4 Å². The van der Waals surface area contributed by atoms with Crippen LogP contribution < -0.4 is 10.0 Å². The second-order valence-corrected chi connectivity index (χ2v) is 5.93. The summed E-state index contributed by atoms with van der Waals surface area (Å²) in [5.74, 6) is 0.522. The average molecular weight is 271 g/mol. The van der Waals surface area contributed by atoms with Crippen LogP contribution in [0, 0.1) is 0 Å². The average Bonchev–Trinajstić information content (AvgIpc) is 2.74. The van der Waals surface area contributed by atoms with E-state index in [9.17, 15) is 8.42 Å². The molecule has 0 aliphatic carbocycles. The lowest BCUT2D eigenvalue weighted by Gasteiger charge is -2.16. The van der Waals surface area contributed by atoms with Gasteiger partial charge in [-0.15, -0.1) is 0 Å². The Bertz CT molecular complexity index is 518. The summed E-state index contributed by atoms with van der Waals surface area (Å²) >= 11 is 0. The molecule has 1 aliphatic heterocycles. The van der Waals surface area contributed by atoms with Crippen molar-refractivity contribution >= 4 is 15.8 Å². The van der Waals surface area contributed by atoms with Crippen LogP contribution in [0.25, 0.3) is 0 Å². The van der Waals surface area contributed by atoms with Crippen LogP contribution in [0.5, 0.6) is 0 Å². The van der Waals surface area contributed by atoms with Gasteiger partial charge in [-0.2, -0.15) is 0 Å². The zero-order chi connectivity index (χ0) is 13.2. The molecular weight excluding hydrogens is 254 g/mol. The maximum Gasteiger partial charge on any atom is 0.241 e. The molecule has 0 radical (unpaired) electrons. The minimum Gasteiger partial charge on any atom is -0.377 e. The summed E-state index contributed by atoms with van der Waals surface area (Å²) in [5.41, 5.74) is 0. The van der Waals surface area contributed by atoms with Crippen LogP contribution in [0.2, 0.25) is 0 Å². The lowest BCUT2D eigenvalue weighted by Crippen LogP contribution is -2.39. The molecule has 6 nitrogen and oxygen atoms in total. The molecule has 0 amide bonds. The van der Waals surface area contributed by atoms with Gasteiger partial charge in [0.2, 0.25) is 10.0 Å². The summed E-state index contributed by atoms with van der Waals surface area (Å²) in [7, 11) is -1.83. The number of pyridine rings is 1. The number of anilines is 1. The summed E-state index contributed by atoms with van der Waals surface area (Å²) in [5, 5.41) is 2.81. The molecule has 2 atom stereocenters. The van der Waals surface area contributed by atoms with Gasteiger partial charge in [-0.1, -0.05) is 0 Å². The summed E-state index contributed by atoms with van der Waals surface area (Å²) in [6.07, 6.45) is 2.07. The van der Waals surface area contributed by atoms with E-state index >= 15 is 0 Å². The van der Waals surface area contributed by atoms with Crippen molar-refractivity contribution in [1.29, 1.82) is 0 Å². The molecule has 2 N–H and O–H groups in total. The van der Waals surface area contributed by atoms with E-state index in [0.717, 1.165) is 0 Å². The number of ether oxygens (including phenoxy) is 1. The topological polar surface area (TPSA) is 80.3 Å². The molecule has 0 bridgehead atoms. The first-order valence-corrected chi connectivity index (χ1v) is 7.29. The monoisotopic (exact) mass is 271 g/mol. The molecule has 1 fully saturated rings. The van der Waals surface area contributed by atoms with Crippen LogP contribution in [0.15, 0.2) is 23.2 Å². The number of rotatable bonds is 4. The second kappa shape index (κ2) is 5.21. The zero-order valence-electron chi connectivity index (χ0n) is 10.4. The molecule has 2 unspecified atom stereocenters. The van der Waals surface area contributed by atoms with Gasteiger partial charge in [-0.3, -0.25) is 0 Å². The lowest BCUT2D eigenvalue weighted by atomic mass is 10.2. The summed E-state index contributed by atoms with van der Waals surface area (Å²) in [6.45, 7) is 2.46. The van der Waals surface area contributed by atoms with E-state index in [1.165, 1.54) is 18.3 Å². The van der Waals surface area contributed by atoms with E-state index in [1.807, 2.05) is 6.92 Å². The first kappa shape index (κ1) is 13.3. The smallest absolute Gasteiger partial charge is 0.241 e. The predicted molar refractivity (Wildman–Crippen MR) is 67.9 cm³/mol. The second-order valence-electron chi connectivity index (χ2n) is 4.22. The molecule has 0 aromatic carbocycles. The van der Waals surface area contributed by atoms with Gasteiger partial charge in [-0.25, -0.2) is 18.1 Å². The van der Waals surface area contributed by atoms with E-state index in [2.05, 4.69) is 15.0 Å². The normalized spacial score (nSPS) is 24.1. The molecule has 2 heterocycles. The van der Waals surface area contributed by atoms with Crippen molar-refractivity contribution in [2.75, 3.05) is 19.0 Å². The maximum absolute atomic E-state index is 12.2. The van der Waals surface area contributed by atoms with Crippen LogP contribution in [0.1, 0.15) is 13.3 Å². The van der Waals surface area contributed by atoms with E-state index in [0.29, 0.717) is 18.8 Å². The Kier molecular flexibility index (Phi) is 3.84.